The Bertz CT molecular complexity index is 1430. The second-order valence-corrected chi connectivity index (χ2v) is 9.78. The predicted octanol–water partition coefficient (Wildman–Crippen LogP) is 4.53. The molecule has 0 atom stereocenters. The summed E-state index contributed by atoms with van der Waals surface area (Å²) >= 11 is 6.14. The summed E-state index contributed by atoms with van der Waals surface area (Å²) in [5.41, 5.74) is 3.56. The molecule has 0 saturated heterocycles. The monoisotopic (exact) mass is 482 g/mol. The van der Waals surface area contributed by atoms with Crippen LogP contribution in [0.5, 0.6) is 0 Å². The number of hydrogen-bond acceptors (Lipinski definition) is 4. The molecule has 170 valence electrons. The van der Waals surface area contributed by atoms with Gasteiger partial charge in [0.1, 0.15) is 0 Å². The molecular weight excluding hydrogens is 460 g/mol. The third kappa shape index (κ3) is 5.24. The largest absolute Gasteiger partial charge is 0.310 e. The van der Waals surface area contributed by atoms with Crippen LogP contribution in [0.4, 0.5) is 5.95 Å². The van der Waals surface area contributed by atoms with Crippen molar-refractivity contribution in [3.63, 3.8) is 0 Å². The van der Waals surface area contributed by atoms with Crippen LogP contribution in [0, 0.1) is 6.92 Å². The van der Waals surface area contributed by atoms with Crippen molar-refractivity contribution in [1.82, 2.24) is 9.55 Å². The number of nitrogens with zero attached hydrogens (tertiary/aromatic N) is 2. The normalized spacial score (nSPS) is 11.6. The molecule has 7 nitrogen and oxygen atoms in total. The lowest BCUT2D eigenvalue weighted by Gasteiger charge is -2.12. The molecule has 1 heterocycles. The Morgan fingerprint density at radius 2 is 1.85 bits per heavy atom. The number of imidazole rings is 1. The molecule has 9 heteroatoms. The number of aromatic nitrogens is 2. The molecule has 0 aliphatic rings. The minimum Gasteiger partial charge on any atom is -0.310 e. The molecule has 0 aliphatic carbocycles. The van der Waals surface area contributed by atoms with Crippen LogP contribution in [0.2, 0.25) is 5.02 Å². The van der Waals surface area contributed by atoms with Crippen molar-refractivity contribution in [1.29, 1.82) is 0 Å². The number of primary sulfonamides is 1. The zero-order chi connectivity index (χ0) is 23.6. The van der Waals surface area contributed by atoms with Crippen molar-refractivity contribution in [2.45, 2.75) is 31.2 Å². The average Bonchev–Trinajstić information content (AvgIpc) is 3.10. The summed E-state index contributed by atoms with van der Waals surface area (Å²) in [6.45, 7) is 2.35. The van der Waals surface area contributed by atoms with E-state index in [9.17, 15) is 13.2 Å². The van der Waals surface area contributed by atoms with Gasteiger partial charge in [-0.2, -0.15) is 0 Å². The highest BCUT2D eigenvalue weighted by Crippen LogP contribution is 2.25. The van der Waals surface area contributed by atoms with Gasteiger partial charge in [-0.05, 0) is 61.2 Å². The molecule has 1 aromatic heterocycles. The second kappa shape index (κ2) is 9.35. The quantitative estimate of drug-likeness (QED) is 0.403. The Morgan fingerprint density at radius 3 is 2.58 bits per heavy atom. The molecule has 3 aromatic carbocycles. The first-order chi connectivity index (χ1) is 15.7. The minimum atomic E-state index is -3.94. The highest BCUT2D eigenvalue weighted by Gasteiger charge is 2.18. The van der Waals surface area contributed by atoms with E-state index in [0.717, 1.165) is 18.4 Å². The van der Waals surface area contributed by atoms with Crippen LogP contribution >= 0.6 is 11.6 Å². The molecule has 4 aromatic rings. The van der Waals surface area contributed by atoms with Gasteiger partial charge in [0.05, 0.1) is 15.9 Å². The van der Waals surface area contributed by atoms with Crippen LogP contribution in [0.25, 0.3) is 11.0 Å². The molecule has 33 heavy (non-hydrogen) atoms. The maximum absolute atomic E-state index is 13.1. The number of sulfonamides is 1. The van der Waals surface area contributed by atoms with E-state index < -0.39 is 15.9 Å². The molecule has 0 saturated carbocycles. The summed E-state index contributed by atoms with van der Waals surface area (Å²) in [5.74, 6) is -0.102. The summed E-state index contributed by atoms with van der Waals surface area (Å²) in [6, 6.07) is 19.8. The smallest absolute Gasteiger partial charge is 0.258 e. The Hall–Kier alpha value is -3.20. The number of nitrogens with one attached hydrogen (secondary N) is 1. The number of rotatable bonds is 7. The van der Waals surface area contributed by atoms with Gasteiger partial charge in [0.15, 0.2) is 0 Å². The van der Waals surface area contributed by atoms with Crippen LogP contribution < -0.4 is 10.5 Å². The standard InChI is InChI=1S/C24H23ClN4O3S/c1-16-9-11-19(33(26,31)32)15-20(16)23(30)28-24-27-21-14-18(25)10-12-22(21)29(24)13-5-8-17-6-3-2-4-7-17/h2-4,6-7,9-12,14-15H,5,8,13H2,1H3,(H2,26,31,32)(H,27,28,30). The van der Waals surface area contributed by atoms with Crippen molar-refractivity contribution in [2.24, 2.45) is 5.14 Å². The zero-order valence-electron chi connectivity index (χ0n) is 18.0. The molecule has 0 aliphatic heterocycles. The maximum Gasteiger partial charge on any atom is 0.258 e. The number of halogens is 1. The van der Waals surface area contributed by atoms with Gasteiger partial charge in [-0.15, -0.1) is 0 Å². The van der Waals surface area contributed by atoms with Crippen LogP contribution in [0.15, 0.2) is 71.6 Å². The fourth-order valence-corrected chi connectivity index (χ4v) is 4.41. The van der Waals surface area contributed by atoms with Crippen LogP contribution in [0.1, 0.15) is 27.9 Å². The van der Waals surface area contributed by atoms with Gasteiger partial charge in [-0.3, -0.25) is 10.1 Å². The number of carbonyl (C=O) groups excluding carboxylic acids is 1. The van der Waals surface area contributed by atoms with Crippen LogP contribution in [-0.4, -0.2) is 23.9 Å². The highest BCUT2D eigenvalue weighted by atomic mass is 35.5. The van der Waals surface area contributed by atoms with Gasteiger partial charge >= 0.3 is 0 Å². The van der Waals surface area contributed by atoms with Crippen LogP contribution in [-0.2, 0) is 23.0 Å². The van der Waals surface area contributed by atoms with Crippen molar-refractivity contribution >= 4 is 44.5 Å². The van der Waals surface area contributed by atoms with E-state index in [2.05, 4.69) is 22.4 Å². The number of hydrogen-bond donors (Lipinski definition) is 2. The Morgan fingerprint density at radius 1 is 1.09 bits per heavy atom. The first-order valence-corrected chi connectivity index (χ1v) is 12.3. The summed E-state index contributed by atoms with van der Waals surface area (Å²) in [5, 5.41) is 8.62. The summed E-state index contributed by atoms with van der Waals surface area (Å²) < 4.78 is 25.4. The molecule has 0 bridgehead atoms. The number of nitrogens with two attached hydrogens (primary N) is 1. The summed E-state index contributed by atoms with van der Waals surface area (Å²) in [7, 11) is -3.94. The Labute approximate surface area is 197 Å². The first-order valence-electron chi connectivity index (χ1n) is 10.4. The van der Waals surface area contributed by atoms with Gasteiger partial charge < -0.3 is 4.57 Å². The maximum atomic E-state index is 13.1. The molecule has 3 N–H and O–H groups in total. The SMILES string of the molecule is Cc1ccc(S(N)(=O)=O)cc1C(=O)Nc1nc2cc(Cl)ccc2n1CCCc1ccccc1. The molecule has 0 radical (unpaired) electrons. The number of aryl methyl sites for hydroxylation is 3. The topological polar surface area (TPSA) is 107 Å². The van der Waals surface area contributed by atoms with E-state index in [4.69, 9.17) is 16.7 Å². The highest BCUT2D eigenvalue weighted by molar-refractivity contribution is 7.89. The first kappa shape index (κ1) is 23.0. The van der Waals surface area contributed by atoms with E-state index in [1.54, 1.807) is 25.1 Å². The fraction of sp³-hybridized carbons (Fsp3) is 0.167. The van der Waals surface area contributed by atoms with Crippen molar-refractivity contribution in [3.05, 3.63) is 88.4 Å². The van der Waals surface area contributed by atoms with Gasteiger partial charge in [0, 0.05) is 17.1 Å². The third-order valence-electron chi connectivity index (χ3n) is 5.41. The lowest BCUT2D eigenvalue weighted by molar-refractivity contribution is 0.102. The summed E-state index contributed by atoms with van der Waals surface area (Å²) in [4.78, 5) is 17.5. The molecule has 0 spiro atoms. The van der Waals surface area contributed by atoms with Crippen molar-refractivity contribution in [3.8, 4) is 0 Å². The summed E-state index contributed by atoms with van der Waals surface area (Å²) in [6.07, 6.45) is 1.71. The number of benzene rings is 3. The zero-order valence-corrected chi connectivity index (χ0v) is 19.5. The Kier molecular flexibility index (Phi) is 6.51. The minimum absolute atomic E-state index is 0.124. The van der Waals surface area contributed by atoms with Crippen molar-refractivity contribution < 1.29 is 13.2 Å². The van der Waals surface area contributed by atoms with Crippen molar-refractivity contribution in [2.75, 3.05) is 5.32 Å². The van der Waals surface area contributed by atoms with Gasteiger partial charge in [-0.25, -0.2) is 18.5 Å². The second-order valence-electron chi connectivity index (χ2n) is 7.79. The number of fused-ring (bicyclic) bond motifs is 1. The number of carbonyl (C=O) groups is 1. The van der Waals surface area contributed by atoms with Crippen LogP contribution in [0.3, 0.4) is 0 Å². The molecule has 1 amide bonds. The van der Waals surface area contributed by atoms with Gasteiger partial charge in [-0.1, -0.05) is 48.0 Å². The number of amides is 1. The van der Waals surface area contributed by atoms with Gasteiger partial charge in [0.25, 0.3) is 5.91 Å². The fourth-order valence-electron chi connectivity index (χ4n) is 3.70. The Balaban J connectivity index is 1.64. The predicted molar refractivity (Wildman–Crippen MR) is 130 cm³/mol. The van der Waals surface area contributed by atoms with E-state index in [0.29, 0.717) is 28.6 Å². The lowest BCUT2D eigenvalue weighted by Crippen LogP contribution is -2.19. The average molecular weight is 483 g/mol. The molecule has 0 unspecified atom stereocenters. The van der Waals surface area contributed by atoms with E-state index in [1.807, 2.05) is 28.8 Å². The van der Waals surface area contributed by atoms with E-state index >= 15 is 0 Å². The van der Waals surface area contributed by atoms with E-state index in [-0.39, 0.29) is 10.5 Å². The number of anilines is 1. The molecule has 4 rings (SSSR count). The molecule has 0 fully saturated rings. The van der Waals surface area contributed by atoms with E-state index in [1.165, 1.54) is 17.7 Å². The third-order valence-corrected chi connectivity index (χ3v) is 6.55. The van der Waals surface area contributed by atoms with Gasteiger partial charge in [0.2, 0.25) is 16.0 Å². The lowest BCUT2D eigenvalue weighted by atomic mass is 10.1. The molecular formula is C24H23ClN4O3S.